The number of rotatable bonds is 19. The molecule has 0 saturated heterocycles. The number of aryl methyl sites for hydroxylation is 3. The van der Waals surface area contributed by atoms with Crippen LogP contribution in [0.15, 0.2) is 66.2 Å². The van der Waals surface area contributed by atoms with Gasteiger partial charge in [0.15, 0.2) is 0 Å². The maximum absolute atomic E-state index is 12.0. The van der Waals surface area contributed by atoms with Crippen LogP contribution in [0, 0.1) is 13.8 Å². The molecule has 4 rings (SSSR count). The third kappa shape index (κ3) is 8.96. The molecule has 0 aliphatic carbocycles. The van der Waals surface area contributed by atoms with Gasteiger partial charge in [-0.05, 0) is 122 Å². The molecule has 0 N–H and O–H groups in total. The number of hydrogen-bond donors (Lipinski definition) is 0. The zero-order valence-electron chi connectivity index (χ0n) is 30.0. The first-order chi connectivity index (χ1) is 22.4. The molecular formula is C44H60N2. The van der Waals surface area contributed by atoms with E-state index in [0.29, 0.717) is 0 Å². The third-order valence-corrected chi connectivity index (χ3v) is 10.1. The van der Waals surface area contributed by atoms with Gasteiger partial charge in [-0.3, -0.25) is 0 Å². The van der Waals surface area contributed by atoms with Crippen molar-refractivity contribution >= 4 is 11.4 Å². The van der Waals surface area contributed by atoms with E-state index in [-0.39, 0.29) is 0 Å². The van der Waals surface area contributed by atoms with Crippen molar-refractivity contribution in [2.75, 3.05) is 0 Å². The Morgan fingerprint density at radius 1 is 0.587 bits per heavy atom. The average Bonchev–Trinajstić information content (AvgIpc) is 3.41. The Bertz CT molecular complexity index is 1500. The Morgan fingerprint density at radius 2 is 1.20 bits per heavy atom. The van der Waals surface area contributed by atoms with Crippen LogP contribution < -0.4 is 0 Å². The topological polar surface area (TPSA) is 25.3 Å². The third-order valence-electron chi connectivity index (χ3n) is 10.1. The first-order valence-electron chi connectivity index (χ1n) is 18.7. The summed E-state index contributed by atoms with van der Waals surface area (Å²) in [5.41, 5.74) is 27.0. The van der Waals surface area contributed by atoms with Gasteiger partial charge in [0.2, 0.25) is 11.4 Å². The molecule has 0 atom stereocenters. The Labute approximate surface area is 281 Å². The fraction of sp³-hybridized carbons (Fsp3) is 0.500. The van der Waals surface area contributed by atoms with E-state index in [1.54, 1.807) is 0 Å². The van der Waals surface area contributed by atoms with Crippen LogP contribution in [0.4, 0.5) is 0 Å². The van der Waals surface area contributed by atoms with Gasteiger partial charge < -0.3 is 5.53 Å². The molecule has 1 heterocycles. The fourth-order valence-corrected chi connectivity index (χ4v) is 7.23. The molecule has 3 aromatic rings. The van der Waals surface area contributed by atoms with Crippen LogP contribution in [0.5, 0.6) is 0 Å². The van der Waals surface area contributed by atoms with E-state index in [4.69, 9.17) is 0 Å². The van der Waals surface area contributed by atoms with Gasteiger partial charge >= 0.3 is 0 Å². The van der Waals surface area contributed by atoms with Crippen molar-refractivity contribution in [3.8, 4) is 11.1 Å². The van der Waals surface area contributed by atoms with Crippen LogP contribution in [-0.4, -0.2) is 4.70 Å². The first kappa shape index (κ1) is 35.6. The van der Waals surface area contributed by atoms with Gasteiger partial charge in [-0.1, -0.05) is 116 Å². The molecular weight excluding hydrogens is 556 g/mol. The summed E-state index contributed by atoms with van der Waals surface area (Å²) in [6, 6.07) is 20.2. The van der Waals surface area contributed by atoms with Crippen LogP contribution in [0.1, 0.15) is 150 Å². The van der Waals surface area contributed by atoms with E-state index < -0.39 is 0 Å². The van der Waals surface area contributed by atoms with Crippen LogP contribution in [0.3, 0.4) is 0 Å². The van der Waals surface area contributed by atoms with Crippen molar-refractivity contribution in [1.29, 1.82) is 0 Å². The summed E-state index contributed by atoms with van der Waals surface area (Å²) in [5.74, 6) is 0. The summed E-state index contributed by atoms with van der Waals surface area (Å²) in [5, 5.41) is 0. The minimum absolute atomic E-state index is 0.870. The number of allylic oxidation sites excluding steroid dienone is 2. The molecule has 246 valence electrons. The second-order valence-corrected chi connectivity index (χ2v) is 13.6. The zero-order chi connectivity index (χ0) is 32.9. The Hall–Kier alpha value is -3.26. The summed E-state index contributed by atoms with van der Waals surface area (Å²) >= 11 is 0. The predicted octanol–water partition coefficient (Wildman–Crippen LogP) is 13.5. The molecule has 0 bridgehead atoms. The molecule has 0 saturated carbocycles. The van der Waals surface area contributed by atoms with Crippen LogP contribution in [0.2, 0.25) is 0 Å². The smallest absolute Gasteiger partial charge is 0.210 e. The van der Waals surface area contributed by atoms with Gasteiger partial charge in [-0.15, -0.1) is 0 Å². The minimum atomic E-state index is 0.870. The fourth-order valence-electron chi connectivity index (χ4n) is 7.23. The summed E-state index contributed by atoms with van der Waals surface area (Å²) in [6.45, 7) is 13.6. The normalized spacial score (nSPS) is 13.2. The monoisotopic (exact) mass is 616 g/mol. The van der Waals surface area contributed by atoms with Crippen molar-refractivity contribution in [1.82, 2.24) is 0 Å². The van der Waals surface area contributed by atoms with E-state index in [0.717, 1.165) is 48.2 Å². The maximum Gasteiger partial charge on any atom is 0.210 e. The number of unbranched alkanes of at least 4 members (excludes halogenated alkanes) is 9. The first-order valence-corrected chi connectivity index (χ1v) is 18.7. The highest BCUT2D eigenvalue weighted by molar-refractivity contribution is 5.82. The summed E-state index contributed by atoms with van der Waals surface area (Å²) < 4.78 is 1.51. The van der Waals surface area contributed by atoms with Gasteiger partial charge in [0, 0.05) is 22.8 Å². The molecule has 0 unspecified atom stereocenters. The van der Waals surface area contributed by atoms with Gasteiger partial charge in [-0.25, -0.2) is 4.70 Å². The molecule has 0 aromatic heterocycles. The Morgan fingerprint density at radius 3 is 1.87 bits per heavy atom. The van der Waals surface area contributed by atoms with E-state index in [1.165, 1.54) is 126 Å². The summed E-state index contributed by atoms with van der Waals surface area (Å²) in [4.78, 5) is 0. The lowest BCUT2D eigenvalue weighted by atomic mass is 9.90. The van der Waals surface area contributed by atoms with Crippen molar-refractivity contribution in [2.45, 2.75) is 144 Å². The minimum Gasteiger partial charge on any atom is -0.493 e. The maximum atomic E-state index is 12.0. The molecule has 1 aliphatic rings. The lowest BCUT2D eigenvalue weighted by Gasteiger charge is -2.18. The number of benzene rings is 3. The largest absolute Gasteiger partial charge is 0.493 e. The molecule has 0 amide bonds. The van der Waals surface area contributed by atoms with Crippen molar-refractivity contribution < 1.29 is 4.70 Å². The molecule has 0 spiro atoms. The highest BCUT2D eigenvalue weighted by Gasteiger charge is 2.30. The highest BCUT2D eigenvalue weighted by atomic mass is 15.2. The lowest BCUT2D eigenvalue weighted by Crippen LogP contribution is -2.06. The Balaban J connectivity index is 1.69. The standard InChI is InChI=1S/C44H60N2/c1-7-11-14-16-17-20-26-38-30-39(28-33(5)41(38)27-13-9-3)43-32-35(10-4)44(46(43)45)40-29-37(25-19-15-12-8-2)34(6)42(31-40)36-23-21-18-22-24-36/h18,21-24,28-32H,7-17,19-20,25-27H2,1-6H3. The molecule has 3 aromatic carbocycles. The van der Waals surface area contributed by atoms with E-state index in [1.807, 2.05) is 0 Å². The van der Waals surface area contributed by atoms with Crippen molar-refractivity contribution in [2.24, 2.45) is 0 Å². The van der Waals surface area contributed by atoms with E-state index in [9.17, 15) is 5.53 Å². The van der Waals surface area contributed by atoms with E-state index in [2.05, 4.69) is 102 Å². The number of hydrogen-bond acceptors (Lipinski definition) is 0. The molecule has 0 radical (unpaired) electrons. The van der Waals surface area contributed by atoms with Gasteiger partial charge in [-0.2, -0.15) is 0 Å². The van der Waals surface area contributed by atoms with E-state index >= 15 is 0 Å². The lowest BCUT2D eigenvalue weighted by molar-refractivity contribution is -0.344. The SMILES string of the molecule is CCCCCCCCc1cc(C2=CC(CC)=C(c3cc(CCCCCC)c(C)c(-c4ccccc4)c3)[N+]2=[N-])cc(C)c1CCCC. The van der Waals surface area contributed by atoms with Crippen LogP contribution in [0.25, 0.3) is 28.1 Å². The van der Waals surface area contributed by atoms with Gasteiger partial charge in [0.1, 0.15) is 0 Å². The molecule has 46 heavy (non-hydrogen) atoms. The molecule has 0 fully saturated rings. The predicted molar refractivity (Wildman–Crippen MR) is 200 cm³/mol. The van der Waals surface area contributed by atoms with Crippen LogP contribution >= 0.6 is 0 Å². The van der Waals surface area contributed by atoms with Gasteiger partial charge in [0.25, 0.3) is 0 Å². The second-order valence-electron chi connectivity index (χ2n) is 13.6. The van der Waals surface area contributed by atoms with Gasteiger partial charge in [0.05, 0.1) is 0 Å². The summed E-state index contributed by atoms with van der Waals surface area (Å²) in [7, 11) is 0. The molecule has 1 aliphatic heterocycles. The molecule has 2 heteroatoms. The number of nitrogens with zero attached hydrogens (tertiary/aromatic N) is 2. The van der Waals surface area contributed by atoms with Crippen LogP contribution in [-0.2, 0) is 19.3 Å². The van der Waals surface area contributed by atoms with Crippen molar-refractivity contribution in [3.05, 3.63) is 111 Å². The quantitative estimate of drug-likeness (QED) is 0.0946. The second kappa shape index (κ2) is 18.2. The average molecular weight is 617 g/mol. The Kier molecular flexibility index (Phi) is 14.1. The molecule has 2 nitrogen and oxygen atoms in total. The zero-order valence-corrected chi connectivity index (χ0v) is 30.0. The summed E-state index contributed by atoms with van der Waals surface area (Å²) in [6.07, 6.45) is 21.7. The van der Waals surface area contributed by atoms with Crippen molar-refractivity contribution in [3.63, 3.8) is 0 Å². The highest BCUT2D eigenvalue weighted by Crippen LogP contribution is 2.40.